The SMILES string of the molecule is CN=C(NCCc1c(F)cccc1F)NCc1cccc(OC)c1. The Morgan fingerprint density at radius 1 is 1.08 bits per heavy atom. The van der Waals surface area contributed by atoms with Crippen molar-refractivity contribution in [3.63, 3.8) is 0 Å². The van der Waals surface area contributed by atoms with Gasteiger partial charge in [0.05, 0.1) is 7.11 Å². The first-order valence-electron chi connectivity index (χ1n) is 7.64. The van der Waals surface area contributed by atoms with Gasteiger partial charge >= 0.3 is 0 Å². The topological polar surface area (TPSA) is 45.7 Å². The Bertz CT molecular complexity index is 684. The number of hydrogen-bond donors (Lipinski definition) is 2. The van der Waals surface area contributed by atoms with Crippen LogP contribution < -0.4 is 15.4 Å². The Morgan fingerprint density at radius 2 is 1.79 bits per heavy atom. The van der Waals surface area contributed by atoms with E-state index in [-0.39, 0.29) is 12.0 Å². The summed E-state index contributed by atoms with van der Waals surface area (Å²) in [5.41, 5.74) is 1.12. The molecule has 0 amide bonds. The molecule has 0 fully saturated rings. The second-order valence-electron chi connectivity index (χ2n) is 5.15. The van der Waals surface area contributed by atoms with E-state index in [0.717, 1.165) is 11.3 Å². The van der Waals surface area contributed by atoms with Crippen LogP contribution in [0.2, 0.25) is 0 Å². The van der Waals surface area contributed by atoms with Crippen molar-refractivity contribution in [2.45, 2.75) is 13.0 Å². The first-order valence-corrected chi connectivity index (χ1v) is 7.64. The van der Waals surface area contributed by atoms with E-state index >= 15 is 0 Å². The fraction of sp³-hybridized carbons (Fsp3) is 0.278. The molecular formula is C18H21F2N3O. The van der Waals surface area contributed by atoms with Crippen LogP contribution in [-0.4, -0.2) is 26.7 Å². The normalized spacial score (nSPS) is 11.2. The molecule has 0 bridgehead atoms. The quantitative estimate of drug-likeness (QED) is 0.631. The van der Waals surface area contributed by atoms with Gasteiger partial charge in [-0.1, -0.05) is 18.2 Å². The number of ether oxygens (including phenoxy) is 1. The molecule has 0 aliphatic rings. The molecule has 6 heteroatoms. The van der Waals surface area contributed by atoms with Crippen molar-refractivity contribution in [1.29, 1.82) is 0 Å². The summed E-state index contributed by atoms with van der Waals surface area (Å²) in [5.74, 6) is 0.286. The molecule has 2 rings (SSSR count). The van der Waals surface area contributed by atoms with Crippen molar-refractivity contribution in [2.75, 3.05) is 20.7 Å². The van der Waals surface area contributed by atoms with Crippen LogP contribution in [0, 0.1) is 11.6 Å². The highest BCUT2D eigenvalue weighted by molar-refractivity contribution is 5.79. The third kappa shape index (κ3) is 4.94. The van der Waals surface area contributed by atoms with Gasteiger partial charge in [0.2, 0.25) is 0 Å². The van der Waals surface area contributed by atoms with Crippen LogP contribution >= 0.6 is 0 Å². The molecular weight excluding hydrogens is 312 g/mol. The van der Waals surface area contributed by atoms with E-state index < -0.39 is 11.6 Å². The van der Waals surface area contributed by atoms with E-state index in [0.29, 0.717) is 19.0 Å². The molecule has 0 saturated carbocycles. The fourth-order valence-electron chi connectivity index (χ4n) is 2.27. The molecule has 0 aliphatic carbocycles. The van der Waals surface area contributed by atoms with Crippen molar-refractivity contribution in [3.8, 4) is 5.75 Å². The average molecular weight is 333 g/mol. The predicted octanol–water partition coefficient (Wildman–Crippen LogP) is 2.88. The van der Waals surface area contributed by atoms with Gasteiger partial charge in [-0.3, -0.25) is 4.99 Å². The smallest absolute Gasteiger partial charge is 0.191 e. The molecule has 0 unspecified atom stereocenters. The lowest BCUT2D eigenvalue weighted by Crippen LogP contribution is -2.38. The lowest BCUT2D eigenvalue weighted by atomic mass is 10.1. The van der Waals surface area contributed by atoms with Gasteiger partial charge in [-0.2, -0.15) is 0 Å². The minimum absolute atomic E-state index is 0.0771. The number of benzene rings is 2. The minimum atomic E-state index is -0.531. The van der Waals surface area contributed by atoms with E-state index in [9.17, 15) is 8.78 Å². The summed E-state index contributed by atoms with van der Waals surface area (Å²) in [6, 6.07) is 11.6. The van der Waals surface area contributed by atoms with E-state index in [1.54, 1.807) is 14.2 Å². The van der Waals surface area contributed by atoms with Crippen LogP contribution in [0.3, 0.4) is 0 Å². The van der Waals surface area contributed by atoms with Gasteiger partial charge < -0.3 is 15.4 Å². The van der Waals surface area contributed by atoms with Crippen LogP contribution in [0.5, 0.6) is 5.75 Å². The Balaban J connectivity index is 1.84. The number of halogens is 2. The number of nitrogens with zero attached hydrogens (tertiary/aromatic N) is 1. The van der Waals surface area contributed by atoms with E-state index in [1.807, 2.05) is 24.3 Å². The Labute approximate surface area is 140 Å². The third-order valence-corrected chi connectivity index (χ3v) is 3.55. The molecule has 0 aliphatic heterocycles. The second-order valence-corrected chi connectivity index (χ2v) is 5.15. The lowest BCUT2D eigenvalue weighted by Gasteiger charge is -2.13. The lowest BCUT2D eigenvalue weighted by molar-refractivity contribution is 0.414. The van der Waals surface area contributed by atoms with Crippen molar-refractivity contribution < 1.29 is 13.5 Å². The second kappa shape index (κ2) is 8.86. The molecule has 4 nitrogen and oxygen atoms in total. The molecule has 128 valence electrons. The van der Waals surface area contributed by atoms with Crippen molar-refractivity contribution in [1.82, 2.24) is 10.6 Å². The van der Waals surface area contributed by atoms with Gasteiger partial charge in [-0.25, -0.2) is 8.78 Å². The zero-order valence-electron chi connectivity index (χ0n) is 13.8. The van der Waals surface area contributed by atoms with E-state index in [4.69, 9.17) is 4.74 Å². The minimum Gasteiger partial charge on any atom is -0.497 e. The summed E-state index contributed by atoms with van der Waals surface area (Å²) in [5, 5.41) is 6.19. The highest BCUT2D eigenvalue weighted by Gasteiger charge is 2.08. The number of rotatable bonds is 6. The number of hydrogen-bond acceptors (Lipinski definition) is 2. The molecule has 2 aromatic rings. The molecule has 0 spiro atoms. The summed E-state index contributed by atoms with van der Waals surface area (Å²) in [7, 11) is 3.26. The predicted molar refractivity (Wildman–Crippen MR) is 91.3 cm³/mol. The summed E-state index contributed by atoms with van der Waals surface area (Å²) in [6.07, 6.45) is 0.234. The average Bonchev–Trinajstić information content (AvgIpc) is 2.60. The highest BCUT2D eigenvalue weighted by atomic mass is 19.1. The summed E-state index contributed by atoms with van der Waals surface area (Å²) >= 11 is 0. The fourth-order valence-corrected chi connectivity index (χ4v) is 2.27. The molecule has 0 heterocycles. The van der Waals surface area contributed by atoms with Gasteiger partial charge in [0, 0.05) is 25.7 Å². The summed E-state index contributed by atoms with van der Waals surface area (Å²) in [4.78, 5) is 4.10. The highest BCUT2D eigenvalue weighted by Crippen LogP contribution is 2.13. The van der Waals surface area contributed by atoms with Crippen LogP contribution in [0.15, 0.2) is 47.5 Å². The van der Waals surface area contributed by atoms with Gasteiger partial charge in [0.25, 0.3) is 0 Å². The zero-order chi connectivity index (χ0) is 17.4. The Morgan fingerprint density at radius 3 is 2.46 bits per heavy atom. The van der Waals surface area contributed by atoms with Crippen LogP contribution in [0.4, 0.5) is 8.78 Å². The van der Waals surface area contributed by atoms with Crippen molar-refractivity contribution >= 4 is 5.96 Å². The van der Waals surface area contributed by atoms with E-state index in [1.165, 1.54) is 18.2 Å². The molecule has 0 aromatic heterocycles. The van der Waals surface area contributed by atoms with Crippen molar-refractivity contribution in [3.05, 3.63) is 65.2 Å². The monoisotopic (exact) mass is 333 g/mol. The number of aliphatic imine (C=N–C) groups is 1. The Kier molecular flexibility index (Phi) is 6.54. The van der Waals surface area contributed by atoms with Crippen LogP contribution in [0.25, 0.3) is 0 Å². The van der Waals surface area contributed by atoms with Crippen LogP contribution in [-0.2, 0) is 13.0 Å². The van der Waals surface area contributed by atoms with Crippen molar-refractivity contribution in [2.24, 2.45) is 4.99 Å². The maximum atomic E-state index is 13.6. The number of nitrogens with one attached hydrogen (secondary N) is 2. The number of methoxy groups -OCH3 is 1. The van der Waals surface area contributed by atoms with E-state index in [2.05, 4.69) is 15.6 Å². The van der Waals surface area contributed by atoms with Crippen LogP contribution in [0.1, 0.15) is 11.1 Å². The molecule has 0 radical (unpaired) electrons. The first-order chi connectivity index (χ1) is 11.6. The molecule has 0 atom stereocenters. The first kappa shape index (κ1) is 17.7. The maximum Gasteiger partial charge on any atom is 0.191 e. The summed E-state index contributed by atoms with van der Waals surface area (Å²) < 4.78 is 32.3. The van der Waals surface area contributed by atoms with Gasteiger partial charge in [0.15, 0.2) is 5.96 Å². The summed E-state index contributed by atoms with van der Waals surface area (Å²) in [6.45, 7) is 0.931. The zero-order valence-corrected chi connectivity index (χ0v) is 13.8. The molecule has 0 saturated heterocycles. The van der Waals surface area contributed by atoms with Gasteiger partial charge in [-0.05, 0) is 36.2 Å². The Hall–Kier alpha value is -2.63. The standard InChI is InChI=1S/C18H21F2N3O/c1-21-18(23-12-13-5-3-6-14(11-13)24-2)22-10-9-15-16(19)7-4-8-17(15)20/h3-8,11H,9-10,12H2,1-2H3,(H2,21,22,23). The van der Waals surface area contributed by atoms with Gasteiger partial charge in [0.1, 0.15) is 17.4 Å². The van der Waals surface area contributed by atoms with Gasteiger partial charge in [-0.15, -0.1) is 0 Å². The maximum absolute atomic E-state index is 13.6. The third-order valence-electron chi connectivity index (χ3n) is 3.55. The molecule has 2 aromatic carbocycles. The number of guanidine groups is 1. The largest absolute Gasteiger partial charge is 0.497 e. The molecule has 2 N–H and O–H groups in total. The molecule has 24 heavy (non-hydrogen) atoms.